The van der Waals surface area contributed by atoms with Crippen LogP contribution in [0, 0.1) is 0 Å². The van der Waals surface area contributed by atoms with E-state index in [-0.39, 0.29) is 67.3 Å². The summed E-state index contributed by atoms with van der Waals surface area (Å²) in [6.45, 7) is 6.10. The number of esters is 4. The minimum absolute atomic E-state index is 0.184. The van der Waals surface area contributed by atoms with Gasteiger partial charge in [-0.3, -0.25) is 14.4 Å². The summed E-state index contributed by atoms with van der Waals surface area (Å²) in [5, 5.41) is 39.3. The third kappa shape index (κ3) is 42.1. The Kier molecular flexibility index (Phi) is 46.7. The highest BCUT2D eigenvalue weighted by Crippen LogP contribution is 2.20. The number of aliphatic hydroxyl groups excluding tert-OH is 2. The van der Waals surface area contributed by atoms with E-state index < -0.39 is 42.1 Å². The minimum Gasteiger partial charge on any atom is -0.478 e. The average Bonchev–Trinajstić information content (AvgIpc) is 3.43. The number of carbonyl (C=O) groups is 6. The second-order valence-electron chi connectivity index (χ2n) is 21.8. The van der Waals surface area contributed by atoms with E-state index in [9.17, 15) is 49.2 Å². The molecule has 80 heavy (non-hydrogen) atoms. The minimum atomic E-state index is -1.34. The summed E-state index contributed by atoms with van der Waals surface area (Å²) >= 11 is 0. The number of rotatable bonds is 54. The lowest BCUT2D eigenvalue weighted by Gasteiger charge is -2.18. The summed E-state index contributed by atoms with van der Waals surface area (Å²) in [6, 6.07) is 3.31. The van der Waals surface area contributed by atoms with Crippen LogP contribution in [0.2, 0.25) is 0 Å². The van der Waals surface area contributed by atoms with Crippen molar-refractivity contribution in [1.82, 2.24) is 0 Å². The van der Waals surface area contributed by atoms with Gasteiger partial charge in [0.15, 0.2) is 6.10 Å². The molecule has 1 aromatic rings. The van der Waals surface area contributed by atoms with E-state index >= 15 is 0 Å². The molecule has 0 amide bonds. The van der Waals surface area contributed by atoms with Gasteiger partial charge in [-0.25, -0.2) is 14.4 Å². The van der Waals surface area contributed by atoms with Crippen molar-refractivity contribution in [2.24, 2.45) is 0 Å². The fourth-order valence-corrected chi connectivity index (χ4v) is 9.29. The first-order chi connectivity index (χ1) is 38.8. The quantitative estimate of drug-likeness (QED) is 0.0206. The lowest BCUT2D eigenvalue weighted by atomic mass is 10.0. The SMILES string of the molecule is CCCCCCC(O)C/C=C\CCCCCCCC(=O)OCC(COC(=O)CCCCCCC/C=C\CC(CCCCCC)OC(=O)c1cc(C(=O)O)ccc1C(=O)O)OC(=O)CCCCCCC/C=C\CC(O)CCCCCC. The summed E-state index contributed by atoms with van der Waals surface area (Å²) < 4.78 is 22.5. The van der Waals surface area contributed by atoms with Gasteiger partial charge in [-0.15, -0.1) is 0 Å². The molecule has 14 nitrogen and oxygen atoms in total. The number of carboxylic acids is 2. The second kappa shape index (κ2) is 51.1. The molecule has 4 atom stereocenters. The van der Waals surface area contributed by atoms with Crippen LogP contribution in [0.25, 0.3) is 0 Å². The first-order valence-corrected chi connectivity index (χ1v) is 31.4. The number of unbranched alkanes of at least 4 members (excludes halogenated alkanes) is 24. The number of allylic oxidation sites excluding steroid dienone is 3. The lowest BCUT2D eigenvalue weighted by Crippen LogP contribution is -2.30. The van der Waals surface area contributed by atoms with Crippen molar-refractivity contribution in [1.29, 1.82) is 0 Å². The molecule has 4 unspecified atom stereocenters. The van der Waals surface area contributed by atoms with Crippen molar-refractivity contribution < 1.29 is 68.1 Å². The van der Waals surface area contributed by atoms with Gasteiger partial charge in [0.2, 0.25) is 0 Å². The number of hydrogen-bond acceptors (Lipinski definition) is 12. The number of carboxylic acid groups (broad SMARTS) is 2. The Hall–Kier alpha value is -4.82. The number of ether oxygens (including phenoxy) is 4. The highest BCUT2D eigenvalue weighted by molar-refractivity contribution is 6.04. The molecule has 0 saturated carbocycles. The van der Waals surface area contributed by atoms with Crippen LogP contribution in [0.5, 0.6) is 0 Å². The molecule has 1 rings (SSSR count). The topological polar surface area (TPSA) is 220 Å². The number of hydrogen-bond donors (Lipinski definition) is 4. The van der Waals surface area contributed by atoms with Gasteiger partial charge < -0.3 is 39.4 Å². The highest BCUT2D eigenvalue weighted by atomic mass is 16.6. The molecule has 456 valence electrons. The molecule has 4 N–H and O–H groups in total. The third-order valence-corrected chi connectivity index (χ3v) is 14.3. The van der Waals surface area contributed by atoms with Crippen LogP contribution >= 0.6 is 0 Å². The Labute approximate surface area is 482 Å². The molecule has 0 fully saturated rings. The predicted octanol–water partition coefficient (Wildman–Crippen LogP) is 16.3. The van der Waals surface area contributed by atoms with E-state index in [0.29, 0.717) is 44.9 Å². The molecule has 0 spiro atoms. The maximum atomic E-state index is 13.1. The Balaban J connectivity index is 2.54. The average molecular weight is 1130 g/mol. The van der Waals surface area contributed by atoms with Gasteiger partial charge in [0, 0.05) is 25.7 Å². The lowest BCUT2D eigenvalue weighted by molar-refractivity contribution is -0.167. The van der Waals surface area contributed by atoms with Crippen molar-refractivity contribution in [2.45, 2.75) is 296 Å². The predicted molar refractivity (Wildman–Crippen MR) is 318 cm³/mol. The first-order valence-electron chi connectivity index (χ1n) is 31.4. The number of aromatic carboxylic acids is 2. The third-order valence-electron chi connectivity index (χ3n) is 14.3. The Bertz CT molecular complexity index is 1870. The molecule has 1 aromatic carbocycles. The summed E-state index contributed by atoms with van der Waals surface area (Å²) in [5.41, 5.74) is -0.795. The molecule has 0 aliphatic rings. The summed E-state index contributed by atoms with van der Waals surface area (Å²) in [5.74, 6) is -4.67. The van der Waals surface area contributed by atoms with Crippen LogP contribution in [0.4, 0.5) is 0 Å². The number of benzene rings is 1. The highest BCUT2D eigenvalue weighted by Gasteiger charge is 2.24. The fourth-order valence-electron chi connectivity index (χ4n) is 9.29. The van der Waals surface area contributed by atoms with Crippen LogP contribution in [0.3, 0.4) is 0 Å². The molecular weight excluding hydrogens is 1020 g/mol. The normalized spacial score (nSPS) is 13.2. The van der Waals surface area contributed by atoms with E-state index in [1.165, 1.54) is 38.5 Å². The molecule has 0 aromatic heterocycles. The Morgan fingerprint density at radius 2 is 0.812 bits per heavy atom. The Morgan fingerprint density at radius 1 is 0.412 bits per heavy atom. The first kappa shape index (κ1) is 73.2. The van der Waals surface area contributed by atoms with Crippen molar-refractivity contribution in [3.05, 3.63) is 71.3 Å². The van der Waals surface area contributed by atoms with E-state index in [1.807, 2.05) is 12.2 Å². The van der Waals surface area contributed by atoms with Crippen LogP contribution in [0.1, 0.15) is 302 Å². The number of carbonyl (C=O) groups excluding carboxylic acids is 4. The van der Waals surface area contributed by atoms with Crippen LogP contribution < -0.4 is 0 Å². The van der Waals surface area contributed by atoms with Gasteiger partial charge in [0.25, 0.3) is 0 Å². The molecule has 0 bridgehead atoms. The second-order valence-corrected chi connectivity index (χ2v) is 21.8. The van der Waals surface area contributed by atoms with Crippen LogP contribution in [-0.2, 0) is 33.3 Å². The standard InChI is InChI=1S/C66H108O14/c1-4-7-10-31-40-55(67)42-33-25-19-13-16-22-28-37-46-61(69)77-52-58(79-63(71)48-39-30-24-17-14-20-26-34-43-56(68)41-32-11-8-5-2)53-78-62(70)47-38-29-23-18-15-21-27-36-45-57(44-35-12-9-6-3)80-66(76)60-51-54(64(72)73)49-50-59(60)65(74)75/h25-27,33-34,36,49-51,55-58,67-68H,4-24,28-32,35,37-48,52-53H2,1-3H3,(H,72,73)(H,74,75)/b33-25-,34-26-,36-27-. The van der Waals surface area contributed by atoms with E-state index in [0.717, 1.165) is 166 Å². The largest absolute Gasteiger partial charge is 0.478 e. The summed E-state index contributed by atoms with van der Waals surface area (Å²) in [7, 11) is 0. The molecule has 0 aliphatic carbocycles. The van der Waals surface area contributed by atoms with Gasteiger partial charge in [0.1, 0.15) is 19.3 Å². The molecule has 14 heteroatoms. The molecule has 0 saturated heterocycles. The summed E-state index contributed by atoms with van der Waals surface area (Å²) in [4.78, 5) is 74.9. The molecule has 0 aliphatic heterocycles. The van der Waals surface area contributed by atoms with Crippen molar-refractivity contribution in [3.63, 3.8) is 0 Å². The maximum Gasteiger partial charge on any atom is 0.339 e. The van der Waals surface area contributed by atoms with Gasteiger partial charge in [-0.05, 0) is 115 Å². The van der Waals surface area contributed by atoms with E-state index in [1.54, 1.807) is 0 Å². The maximum absolute atomic E-state index is 13.1. The zero-order chi connectivity index (χ0) is 58.7. The van der Waals surface area contributed by atoms with Crippen LogP contribution in [0.15, 0.2) is 54.7 Å². The molecular formula is C66H108O14. The van der Waals surface area contributed by atoms with Crippen molar-refractivity contribution in [3.8, 4) is 0 Å². The van der Waals surface area contributed by atoms with E-state index in [2.05, 4.69) is 45.1 Å². The fraction of sp³-hybridized carbons (Fsp3) is 0.727. The zero-order valence-electron chi connectivity index (χ0n) is 49.9. The van der Waals surface area contributed by atoms with Gasteiger partial charge in [0.05, 0.1) is 28.9 Å². The monoisotopic (exact) mass is 1120 g/mol. The van der Waals surface area contributed by atoms with Gasteiger partial charge in [-0.2, -0.15) is 0 Å². The molecule has 0 heterocycles. The van der Waals surface area contributed by atoms with Gasteiger partial charge in [-0.1, -0.05) is 186 Å². The van der Waals surface area contributed by atoms with Crippen molar-refractivity contribution in [2.75, 3.05) is 13.2 Å². The zero-order valence-corrected chi connectivity index (χ0v) is 49.9. The smallest absolute Gasteiger partial charge is 0.339 e. The van der Waals surface area contributed by atoms with E-state index in [4.69, 9.17) is 18.9 Å². The Morgan fingerprint density at radius 3 is 1.25 bits per heavy atom. The molecule has 0 radical (unpaired) electrons. The van der Waals surface area contributed by atoms with Crippen LogP contribution in [-0.4, -0.2) is 93.9 Å². The summed E-state index contributed by atoms with van der Waals surface area (Å²) in [6.07, 6.45) is 45.1. The van der Waals surface area contributed by atoms with Gasteiger partial charge >= 0.3 is 35.8 Å². The van der Waals surface area contributed by atoms with Crippen molar-refractivity contribution >= 4 is 35.8 Å². The number of aliphatic hydroxyl groups is 2.